The second-order valence-corrected chi connectivity index (χ2v) is 6.61. The Morgan fingerprint density at radius 2 is 2.05 bits per heavy atom. The molecule has 0 radical (unpaired) electrons. The lowest BCUT2D eigenvalue weighted by molar-refractivity contribution is 0.183. The van der Waals surface area contributed by atoms with Crippen LogP contribution in [0.1, 0.15) is 30.9 Å². The highest BCUT2D eigenvalue weighted by Crippen LogP contribution is 2.32. The maximum Gasteiger partial charge on any atom is 0.355 e. The molecule has 0 bridgehead atoms. The van der Waals surface area contributed by atoms with Gasteiger partial charge in [-0.1, -0.05) is 18.5 Å². The van der Waals surface area contributed by atoms with E-state index in [1.54, 1.807) is 19.1 Å². The smallest absolute Gasteiger partial charge is 0.355 e. The molecule has 2 aromatic rings. The summed E-state index contributed by atoms with van der Waals surface area (Å²) in [6.07, 6.45) is 2.31. The number of phenolic OH excluding ortho intramolecular Hbond substituents is 1. The van der Waals surface area contributed by atoms with Gasteiger partial charge in [-0.3, -0.25) is 4.90 Å². The first-order valence-electron chi connectivity index (χ1n) is 7.63. The van der Waals surface area contributed by atoms with Crippen molar-refractivity contribution in [3.63, 3.8) is 0 Å². The van der Waals surface area contributed by atoms with E-state index < -0.39 is 5.63 Å². The molecule has 0 saturated carbocycles. The molecule has 1 saturated heterocycles. The Morgan fingerprint density at radius 1 is 1.36 bits per heavy atom. The van der Waals surface area contributed by atoms with Gasteiger partial charge in [-0.15, -0.1) is 0 Å². The van der Waals surface area contributed by atoms with Gasteiger partial charge in [0, 0.05) is 11.9 Å². The Bertz CT molecular complexity index is 761. The van der Waals surface area contributed by atoms with Crippen LogP contribution in [0.4, 0.5) is 0 Å². The number of benzene rings is 1. The number of aromatic hydroxyl groups is 1. The zero-order valence-electron chi connectivity index (χ0n) is 12.9. The van der Waals surface area contributed by atoms with Crippen LogP contribution in [0, 0.1) is 12.8 Å². The first kappa shape index (κ1) is 15.4. The first-order chi connectivity index (χ1) is 10.5. The molecule has 3 rings (SSSR count). The Hall–Kier alpha value is -1.52. The lowest BCUT2D eigenvalue weighted by Gasteiger charge is -2.30. The second kappa shape index (κ2) is 5.94. The maximum absolute atomic E-state index is 11.9. The standard InChI is InChI=1S/C17H20ClNO3/c1-10-5-7-19(8-6-10)9-13-14(20)4-3-12-11(2)15(18)17(21)22-16(12)13/h3-4,10,20H,5-9H2,1-2H3. The fourth-order valence-corrected chi connectivity index (χ4v) is 3.18. The van der Waals surface area contributed by atoms with Gasteiger partial charge in [-0.25, -0.2) is 4.79 Å². The molecule has 2 heterocycles. The number of nitrogens with zero attached hydrogens (tertiary/aromatic N) is 1. The predicted molar refractivity (Wildman–Crippen MR) is 87.6 cm³/mol. The summed E-state index contributed by atoms with van der Waals surface area (Å²) in [4.78, 5) is 14.1. The monoisotopic (exact) mass is 321 g/mol. The van der Waals surface area contributed by atoms with Crippen LogP contribution in [0.25, 0.3) is 11.0 Å². The van der Waals surface area contributed by atoms with E-state index in [1.807, 2.05) is 0 Å². The Kier molecular flexibility index (Phi) is 4.15. The van der Waals surface area contributed by atoms with Gasteiger partial charge in [0.1, 0.15) is 16.4 Å². The van der Waals surface area contributed by atoms with Crippen molar-refractivity contribution in [2.45, 2.75) is 33.2 Å². The Morgan fingerprint density at radius 3 is 2.73 bits per heavy atom. The van der Waals surface area contributed by atoms with E-state index in [0.29, 0.717) is 23.3 Å². The zero-order valence-corrected chi connectivity index (χ0v) is 13.6. The van der Waals surface area contributed by atoms with Crippen LogP contribution in [-0.4, -0.2) is 23.1 Å². The van der Waals surface area contributed by atoms with Crippen LogP contribution in [0.15, 0.2) is 21.3 Å². The SMILES string of the molecule is Cc1c(Cl)c(=O)oc2c(CN3CCC(C)CC3)c(O)ccc12. The number of phenols is 1. The molecule has 0 atom stereocenters. The molecule has 1 aliphatic rings. The third kappa shape index (κ3) is 2.73. The van der Waals surface area contributed by atoms with Crippen LogP contribution in [0.5, 0.6) is 5.75 Å². The number of aryl methyl sites for hydroxylation is 1. The molecule has 1 fully saturated rings. The van der Waals surface area contributed by atoms with Crippen molar-refractivity contribution in [2.24, 2.45) is 5.92 Å². The summed E-state index contributed by atoms with van der Waals surface area (Å²) < 4.78 is 5.37. The van der Waals surface area contributed by atoms with Crippen LogP contribution < -0.4 is 5.63 Å². The van der Waals surface area contributed by atoms with Gasteiger partial charge in [0.15, 0.2) is 0 Å². The molecule has 1 aliphatic heterocycles. The first-order valence-corrected chi connectivity index (χ1v) is 8.01. The predicted octanol–water partition coefficient (Wildman–Crippen LogP) is 3.69. The Labute approximate surface area is 134 Å². The van der Waals surface area contributed by atoms with E-state index in [-0.39, 0.29) is 10.8 Å². The van der Waals surface area contributed by atoms with Crippen LogP contribution in [0.2, 0.25) is 5.02 Å². The van der Waals surface area contributed by atoms with Crippen molar-refractivity contribution >= 4 is 22.6 Å². The van der Waals surface area contributed by atoms with Gasteiger partial charge in [-0.05, 0) is 56.5 Å². The van der Waals surface area contributed by atoms with Crippen LogP contribution >= 0.6 is 11.6 Å². The highest BCUT2D eigenvalue weighted by Gasteiger charge is 2.20. The van der Waals surface area contributed by atoms with E-state index in [1.165, 1.54) is 0 Å². The van der Waals surface area contributed by atoms with Crippen molar-refractivity contribution in [1.29, 1.82) is 0 Å². The summed E-state index contributed by atoms with van der Waals surface area (Å²) in [7, 11) is 0. The molecule has 5 heteroatoms. The van der Waals surface area contributed by atoms with Crippen molar-refractivity contribution < 1.29 is 9.52 Å². The molecule has 1 N–H and O–H groups in total. The van der Waals surface area contributed by atoms with E-state index in [0.717, 1.165) is 37.2 Å². The summed E-state index contributed by atoms with van der Waals surface area (Å²) in [5, 5.41) is 11.1. The number of hydrogen-bond acceptors (Lipinski definition) is 4. The number of hydrogen-bond donors (Lipinski definition) is 1. The zero-order chi connectivity index (χ0) is 15.9. The summed E-state index contributed by atoms with van der Waals surface area (Å²) >= 11 is 5.98. The fourth-order valence-electron chi connectivity index (χ4n) is 3.03. The third-order valence-electron chi connectivity index (χ3n) is 4.60. The van der Waals surface area contributed by atoms with Crippen molar-refractivity contribution in [3.05, 3.63) is 38.7 Å². The Balaban J connectivity index is 2.05. The largest absolute Gasteiger partial charge is 0.507 e. The van der Waals surface area contributed by atoms with Gasteiger partial charge >= 0.3 is 5.63 Å². The van der Waals surface area contributed by atoms with E-state index in [4.69, 9.17) is 16.0 Å². The summed E-state index contributed by atoms with van der Waals surface area (Å²) in [6.45, 7) is 6.63. The number of piperidine rings is 1. The average Bonchev–Trinajstić information content (AvgIpc) is 2.50. The maximum atomic E-state index is 11.9. The van der Waals surface area contributed by atoms with Gasteiger partial charge in [0.25, 0.3) is 0 Å². The molecule has 1 aromatic heterocycles. The van der Waals surface area contributed by atoms with Crippen LogP contribution in [0.3, 0.4) is 0 Å². The minimum Gasteiger partial charge on any atom is -0.507 e. The number of fused-ring (bicyclic) bond motifs is 1. The van der Waals surface area contributed by atoms with Crippen LogP contribution in [-0.2, 0) is 6.54 Å². The van der Waals surface area contributed by atoms with E-state index >= 15 is 0 Å². The second-order valence-electron chi connectivity index (χ2n) is 6.23. The lowest BCUT2D eigenvalue weighted by atomic mass is 9.98. The van der Waals surface area contributed by atoms with E-state index in [2.05, 4.69) is 11.8 Å². The van der Waals surface area contributed by atoms with Crippen molar-refractivity contribution in [3.8, 4) is 5.75 Å². The molecule has 0 aliphatic carbocycles. The summed E-state index contributed by atoms with van der Waals surface area (Å²) in [5.74, 6) is 0.910. The normalized spacial score (nSPS) is 17.2. The number of halogens is 1. The van der Waals surface area contributed by atoms with Crippen molar-refractivity contribution in [1.82, 2.24) is 4.90 Å². The van der Waals surface area contributed by atoms with E-state index in [9.17, 15) is 9.90 Å². The van der Waals surface area contributed by atoms with Gasteiger partial charge in [0.05, 0.1) is 5.56 Å². The molecular weight excluding hydrogens is 302 g/mol. The number of rotatable bonds is 2. The highest BCUT2D eigenvalue weighted by molar-refractivity contribution is 6.31. The molecular formula is C17H20ClNO3. The highest BCUT2D eigenvalue weighted by atomic mass is 35.5. The summed E-state index contributed by atoms with van der Waals surface area (Å²) in [5.41, 5.74) is 1.27. The number of likely N-dealkylation sites (tertiary alicyclic amines) is 1. The molecule has 0 unspecified atom stereocenters. The minimum atomic E-state index is -0.550. The molecule has 118 valence electrons. The van der Waals surface area contributed by atoms with Crippen molar-refractivity contribution in [2.75, 3.05) is 13.1 Å². The molecule has 0 spiro atoms. The lowest BCUT2D eigenvalue weighted by Crippen LogP contribution is -2.32. The quantitative estimate of drug-likeness (QED) is 0.857. The summed E-state index contributed by atoms with van der Waals surface area (Å²) in [6, 6.07) is 3.39. The molecule has 4 nitrogen and oxygen atoms in total. The molecule has 22 heavy (non-hydrogen) atoms. The topological polar surface area (TPSA) is 53.7 Å². The van der Waals surface area contributed by atoms with Gasteiger partial charge in [-0.2, -0.15) is 0 Å². The van der Waals surface area contributed by atoms with Gasteiger partial charge < -0.3 is 9.52 Å². The molecule has 0 amide bonds. The fraction of sp³-hybridized carbons (Fsp3) is 0.471. The third-order valence-corrected chi connectivity index (χ3v) is 5.04. The minimum absolute atomic E-state index is 0.107. The van der Waals surface area contributed by atoms with Gasteiger partial charge in [0.2, 0.25) is 0 Å². The average molecular weight is 322 g/mol. The molecule has 1 aromatic carbocycles.